The maximum Gasteiger partial charge on any atom is 0.256 e. The third kappa shape index (κ3) is 2.40. The van der Waals surface area contributed by atoms with Gasteiger partial charge in [-0.3, -0.25) is 9.59 Å². The maximum absolute atomic E-state index is 13.7. The van der Waals surface area contributed by atoms with Crippen LogP contribution in [0.1, 0.15) is 40.7 Å². The molecule has 6 rings (SSSR count). The maximum atomic E-state index is 13.7. The predicted octanol–water partition coefficient (Wildman–Crippen LogP) is 4.76. The summed E-state index contributed by atoms with van der Waals surface area (Å²) in [7, 11) is 0. The van der Waals surface area contributed by atoms with E-state index in [0.29, 0.717) is 28.4 Å². The minimum Gasteiger partial charge on any atom is -0.354 e. The van der Waals surface area contributed by atoms with Gasteiger partial charge in [-0.1, -0.05) is 48.9 Å². The van der Waals surface area contributed by atoms with Gasteiger partial charge in [0.2, 0.25) is 0 Å². The van der Waals surface area contributed by atoms with E-state index >= 15 is 0 Å². The number of aromatic amines is 1. The van der Waals surface area contributed by atoms with Crippen LogP contribution < -0.4 is 5.43 Å². The lowest BCUT2D eigenvalue weighted by molar-refractivity contribution is 0.0589. The number of aromatic nitrogens is 1. The summed E-state index contributed by atoms with van der Waals surface area (Å²) >= 11 is 0. The van der Waals surface area contributed by atoms with E-state index in [0.717, 1.165) is 24.9 Å². The molecule has 1 saturated carbocycles. The molecule has 30 heavy (non-hydrogen) atoms. The van der Waals surface area contributed by atoms with Crippen LogP contribution in [0.4, 0.5) is 0 Å². The van der Waals surface area contributed by atoms with Crippen LogP contribution in [-0.4, -0.2) is 22.3 Å². The highest BCUT2D eigenvalue weighted by molar-refractivity contribution is 6.07. The van der Waals surface area contributed by atoms with Gasteiger partial charge in [0.1, 0.15) is 0 Å². The van der Waals surface area contributed by atoms with Gasteiger partial charge < -0.3 is 9.88 Å². The number of para-hydroxylation sites is 2. The van der Waals surface area contributed by atoms with Gasteiger partial charge >= 0.3 is 0 Å². The van der Waals surface area contributed by atoms with Crippen LogP contribution in [-0.2, 0) is 12.0 Å². The quantitative estimate of drug-likeness (QED) is 0.473. The number of H-pyrrole nitrogens is 1. The Morgan fingerprint density at radius 1 is 0.900 bits per heavy atom. The van der Waals surface area contributed by atoms with E-state index in [9.17, 15) is 9.59 Å². The lowest BCUT2D eigenvalue weighted by Crippen LogP contribution is -2.51. The monoisotopic (exact) mass is 394 g/mol. The van der Waals surface area contributed by atoms with E-state index in [1.807, 2.05) is 41.3 Å². The number of nitrogens with zero attached hydrogens (tertiary/aromatic N) is 1. The van der Waals surface area contributed by atoms with Gasteiger partial charge in [0.25, 0.3) is 5.91 Å². The Labute approximate surface area is 174 Å². The molecular formula is C26H22N2O2. The van der Waals surface area contributed by atoms with Gasteiger partial charge in [0.05, 0.1) is 11.1 Å². The molecule has 1 N–H and O–H groups in total. The molecule has 4 aromatic rings. The number of benzene rings is 3. The Bertz CT molecular complexity index is 1380. The molecule has 0 saturated heterocycles. The Morgan fingerprint density at radius 2 is 1.67 bits per heavy atom. The molecule has 1 fully saturated rings. The van der Waals surface area contributed by atoms with Crippen molar-refractivity contribution in [3.63, 3.8) is 0 Å². The van der Waals surface area contributed by atoms with Crippen LogP contribution in [0.15, 0.2) is 71.5 Å². The zero-order valence-electron chi connectivity index (χ0n) is 16.7. The van der Waals surface area contributed by atoms with Gasteiger partial charge in [0, 0.05) is 34.8 Å². The van der Waals surface area contributed by atoms with E-state index in [1.54, 1.807) is 6.07 Å². The molecule has 3 aromatic carbocycles. The molecule has 1 aliphatic heterocycles. The number of carbonyl (C=O) groups excluding carboxylic acids is 1. The summed E-state index contributed by atoms with van der Waals surface area (Å²) in [5.41, 5.74) is 4.68. The number of pyridine rings is 1. The molecule has 2 heterocycles. The first kappa shape index (κ1) is 17.5. The smallest absolute Gasteiger partial charge is 0.256 e. The van der Waals surface area contributed by atoms with Crippen molar-refractivity contribution >= 4 is 27.7 Å². The van der Waals surface area contributed by atoms with Crippen molar-refractivity contribution in [2.45, 2.75) is 31.2 Å². The average molecular weight is 394 g/mol. The fourth-order valence-corrected chi connectivity index (χ4v) is 5.36. The van der Waals surface area contributed by atoms with Crippen LogP contribution >= 0.6 is 0 Å². The number of carbonyl (C=O) groups is 1. The zero-order valence-corrected chi connectivity index (χ0v) is 16.7. The largest absolute Gasteiger partial charge is 0.354 e. The minimum absolute atomic E-state index is 0.00712. The molecule has 0 atom stereocenters. The normalized spacial score (nSPS) is 17.1. The molecule has 148 valence electrons. The number of fused-ring (bicyclic) bond motifs is 4. The molecule has 0 radical (unpaired) electrons. The number of hydrogen-bond donors (Lipinski definition) is 1. The topological polar surface area (TPSA) is 53.2 Å². The first-order chi connectivity index (χ1) is 14.7. The van der Waals surface area contributed by atoms with E-state index in [-0.39, 0.29) is 16.8 Å². The summed E-state index contributed by atoms with van der Waals surface area (Å²) in [6, 6.07) is 21.5. The van der Waals surface area contributed by atoms with Gasteiger partial charge in [-0.15, -0.1) is 0 Å². The summed E-state index contributed by atoms with van der Waals surface area (Å²) in [5.74, 6) is -0.00712. The van der Waals surface area contributed by atoms with Crippen molar-refractivity contribution in [3.8, 4) is 0 Å². The molecule has 2 aliphatic rings. The van der Waals surface area contributed by atoms with Crippen molar-refractivity contribution in [1.29, 1.82) is 0 Å². The van der Waals surface area contributed by atoms with E-state index < -0.39 is 0 Å². The highest BCUT2D eigenvalue weighted by atomic mass is 16.2. The highest BCUT2D eigenvalue weighted by Gasteiger charge is 2.45. The first-order valence-corrected chi connectivity index (χ1v) is 10.6. The van der Waals surface area contributed by atoms with Crippen LogP contribution in [0.3, 0.4) is 0 Å². The Kier molecular flexibility index (Phi) is 3.66. The Balaban J connectivity index is 1.49. The second-order valence-electron chi connectivity index (χ2n) is 8.68. The molecule has 1 spiro atoms. The molecule has 1 aliphatic carbocycles. The molecular weight excluding hydrogens is 372 g/mol. The molecule has 4 nitrogen and oxygen atoms in total. The summed E-state index contributed by atoms with van der Waals surface area (Å²) in [5, 5.41) is 1.21. The van der Waals surface area contributed by atoms with Crippen molar-refractivity contribution in [3.05, 3.63) is 93.6 Å². The van der Waals surface area contributed by atoms with Crippen LogP contribution in [0.5, 0.6) is 0 Å². The van der Waals surface area contributed by atoms with Crippen molar-refractivity contribution in [1.82, 2.24) is 9.88 Å². The van der Waals surface area contributed by atoms with E-state index in [1.165, 1.54) is 17.5 Å². The van der Waals surface area contributed by atoms with E-state index in [4.69, 9.17) is 0 Å². The lowest BCUT2D eigenvalue weighted by atomic mass is 9.61. The lowest BCUT2D eigenvalue weighted by Gasteiger charge is -2.50. The van der Waals surface area contributed by atoms with Gasteiger partial charge in [0.15, 0.2) is 5.43 Å². The third-order valence-corrected chi connectivity index (χ3v) is 7.01. The number of rotatable bonds is 1. The highest BCUT2D eigenvalue weighted by Crippen LogP contribution is 2.48. The van der Waals surface area contributed by atoms with Crippen LogP contribution in [0.2, 0.25) is 0 Å². The molecule has 1 amide bonds. The third-order valence-electron chi connectivity index (χ3n) is 7.01. The molecule has 0 bridgehead atoms. The Morgan fingerprint density at radius 3 is 2.50 bits per heavy atom. The summed E-state index contributed by atoms with van der Waals surface area (Å²) < 4.78 is 0. The summed E-state index contributed by atoms with van der Waals surface area (Å²) in [6.07, 6.45) is 3.47. The number of nitrogens with one attached hydrogen (secondary N) is 1. The van der Waals surface area contributed by atoms with Gasteiger partial charge in [-0.2, -0.15) is 0 Å². The van der Waals surface area contributed by atoms with Crippen molar-refractivity contribution < 1.29 is 4.79 Å². The van der Waals surface area contributed by atoms with Crippen molar-refractivity contribution in [2.24, 2.45) is 0 Å². The zero-order chi connectivity index (χ0) is 20.3. The predicted molar refractivity (Wildman–Crippen MR) is 119 cm³/mol. The molecule has 4 heteroatoms. The van der Waals surface area contributed by atoms with Crippen molar-refractivity contribution in [2.75, 3.05) is 6.54 Å². The second-order valence-corrected chi connectivity index (χ2v) is 8.68. The molecule has 1 aromatic heterocycles. The first-order valence-electron chi connectivity index (χ1n) is 10.6. The van der Waals surface area contributed by atoms with Crippen LogP contribution in [0, 0.1) is 0 Å². The second kappa shape index (κ2) is 6.30. The van der Waals surface area contributed by atoms with Gasteiger partial charge in [-0.05, 0) is 48.2 Å². The van der Waals surface area contributed by atoms with Crippen LogP contribution in [0.25, 0.3) is 21.8 Å². The number of amides is 1. The van der Waals surface area contributed by atoms with Gasteiger partial charge in [-0.25, -0.2) is 0 Å². The minimum atomic E-state index is -0.0338. The Hall–Kier alpha value is -3.40. The fraction of sp³-hybridized carbons (Fsp3) is 0.231. The number of hydrogen-bond acceptors (Lipinski definition) is 2. The summed E-state index contributed by atoms with van der Waals surface area (Å²) in [4.78, 5) is 32.1. The van der Waals surface area contributed by atoms with E-state index in [2.05, 4.69) is 29.2 Å². The fourth-order valence-electron chi connectivity index (χ4n) is 5.36. The molecule has 0 unspecified atom stereocenters. The average Bonchev–Trinajstić information content (AvgIpc) is 2.76. The summed E-state index contributed by atoms with van der Waals surface area (Å²) in [6.45, 7) is 1.36. The standard InChI is InChI=1S/C26H22N2O2/c29-24-18-8-2-4-12-22(18)27-23-19(24)9-5-10-20(23)25(30)28-15-17-7-1-3-11-21(17)26(16-28)13-6-14-26/h1-5,7-12H,6,13-16H2,(H,27,29). The SMILES string of the molecule is O=C(c1cccc2c(=O)c3ccccc3[nH]c12)N1Cc2ccccc2C2(CCC2)C1.